The molecule has 0 aliphatic carbocycles. The van der Waals surface area contributed by atoms with Gasteiger partial charge in [-0.1, -0.05) is 22.5 Å². The predicted octanol–water partition coefficient (Wildman–Crippen LogP) is 1.53. The summed E-state index contributed by atoms with van der Waals surface area (Å²) in [5, 5.41) is -0.0463. The van der Waals surface area contributed by atoms with Crippen LogP contribution in [0.25, 0.3) is 0 Å². The van der Waals surface area contributed by atoms with Crippen LogP contribution < -0.4 is 0 Å². The van der Waals surface area contributed by atoms with Crippen molar-refractivity contribution in [2.75, 3.05) is 14.2 Å². The van der Waals surface area contributed by atoms with E-state index in [2.05, 4.69) is 29.2 Å². The molecule has 1 atom stereocenters. The topological polar surface area (TPSA) is 21.5 Å². The van der Waals surface area contributed by atoms with Crippen molar-refractivity contribution < 1.29 is 14.3 Å². The Morgan fingerprint density at radius 3 is 2.64 bits per heavy atom. The SMILES string of the molecule is C=C(CC(Br)OC)O[N+](=C)C. The zero-order chi connectivity index (χ0) is 8.85. The third-order valence-electron chi connectivity index (χ3n) is 0.929. The third-order valence-corrected chi connectivity index (χ3v) is 1.63. The Labute approximate surface area is 75.4 Å². The van der Waals surface area contributed by atoms with Gasteiger partial charge in [0, 0.05) is 13.5 Å². The number of rotatable bonds is 5. The maximum absolute atomic E-state index is 5.04. The maximum atomic E-state index is 5.04. The molecule has 11 heavy (non-hydrogen) atoms. The Hall–Kier alpha value is -0.350. The van der Waals surface area contributed by atoms with Gasteiger partial charge in [-0.2, -0.15) is 0 Å². The molecular weight excluding hydrogens is 210 g/mol. The number of hydrogen-bond acceptors (Lipinski definition) is 2. The molecule has 0 aliphatic heterocycles. The highest BCUT2D eigenvalue weighted by molar-refractivity contribution is 9.09. The van der Waals surface area contributed by atoms with E-state index in [1.807, 2.05) is 0 Å². The number of hydrogen-bond donors (Lipinski definition) is 0. The van der Waals surface area contributed by atoms with Crippen LogP contribution in [-0.4, -0.2) is 30.6 Å². The van der Waals surface area contributed by atoms with Crippen LogP contribution in [0.3, 0.4) is 0 Å². The molecule has 0 saturated heterocycles. The largest absolute Gasteiger partial charge is 0.370 e. The maximum Gasteiger partial charge on any atom is 0.183 e. The van der Waals surface area contributed by atoms with Gasteiger partial charge in [0.1, 0.15) is 5.01 Å². The molecule has 0 heterocycles. The Morgan fingerprint density at radius 2 is 2.27 bits per heavy atom. The number of hydroxylamine groups is 1. The summed E-state index contributed by atoms with van der Waals surface area (Å²) in [4.78, 5) is 5.04. The molecule has 0 amide bonds. The van der Waals surface area contributed by atoms with E-state index >= 15 is 0 Å². The first-order valence-corrected chi connectivity index (χ1v) is 4.04. The second-order valence-electron chi connectivity index (χ2n) is 2.11. The lowest BCUT2D eigenvalue weighted by atomic mass is 10.4. The summed E-state index contributed by atoms with van der Waals surface area (Å²) < 4.78 is 6.28. The summed E-state index contributed by atoms with van der Waals surface area (Å²) in [7, 11) is 3.31. The van der Waals surface area contributed by atoms with Gasteiger partial charge in [0.15, 0.2) is 19.5 Å². The molecule has 0 aromatic carbocycles. The van der Waals surface area contributed by atoms with Crippen LogP contribution >= 0.6 is 15.9 Å². The lowest BCUT2D eigenvalue weighted by molar-refractivity contribution is -0.748. The van der Waals surface area contributed by atoms with Gasteiger partial charge in [0.2, 0.25) is 0 Å². The van der Waals surface area contributed by atoms with Crippen LogP contribution in [0.2, 0.25) is 0 Å². The Bertz CT molecular complexity index is 159. The monoisotopic (exact) mass is 222 g/mol. The number of methoxy groups -OCH3 is 1. The molecule has 0 saturated carbocycles. The molecule has 4 heteroatoms. The zero-order valence-corrected chi connectivity index (χ0v) is 8.43. The second-order valence-corrected chi connectivity index (χ2v) is 3.13. The molecule has 0 N–H and O–H groups in total. The molecule has 0 aromatic rings. The molecular formula is C7H13BrNO2+. The molecule has 0 aliphatic rings. The van der Waals surface area contributed by atoms with Gasteiger partial charge in [-0.25, -0.2) is 4.84 Å². The highest BCUT2D eigenvalue weighted by atomic mass is 79.9. The quantitative estimate of drug-likeness (QED) is 0.232. The van der Waals surface area contributed by atoms with Gasteiger partial charge in [-0.15, -0.1) is 0 Å². The minimum Gasteiger partial charge on any atom is -0.370 e. The highest BCUT2D eigenvalue weighted by Gasteiger charge is 2.08. The fourth-order valence-electron chi connectivity index (χ4n) is 0.520. The first kappa shape index (κ1) is 10.7. The normalized spacial score (nSPS) is 12.3. The number of nitrogens with zero attached hydrogens (tertiary/aromatic N) is 1. The van der Waals surface area contributed by atoms with E-state index in [1.165, 1.54) is 4.74 Å². The summed E-state index contributed by atoms with van der Waals surface area (Å²) in [5.41, 5.74) is 0. The Kier molecular flexibility index (Phi) is 5.15. The average Bonchev–Trinajstić information content (AvgIpc) is 1.85. The van der Waals surface area contributed by atoms with Crippen molar-refractivity contribution in [3.8, 4) is 0 Å². The lowest BCUT2D eigenvalue weighted by Crippen LogP contribution is -2.08. The van der Waals surface area contributed by atoms with Gasteiger partial charge >= 0.3 is 0 Å². The first-order chi connectivity index (χ1) is 5.06. The molecule has 0 fully saturated rings. The molecule has 0 spiro atoms. The lowest BCUT2D eigenvalue weighted by Gasteiger charge is -2.06. The Balaban J connectivity index is 3.60. The summed E-state index contributed by atoms with van der Waals surface area (Å²) in [6.07, 6.45) is 0.607. The molecule has 0 radical (unpaired) electrons. The van der Waals surface area contributed by atoms with Crippen LogP contribution in [0.1, 0.15) is 6.42 Å². The van der Waals surface area contributed by atoms with E-state index in [1.54, 1.807) is 14.2 Å². The summed E-state index contributed by atoms with van der Waals surface area (Å²) in [6.45, 7) is 7.17. The second kappa shape index (κ2) is 5.32. The molecule has 0 bridgehead atoms. The van der Waals surface area contributed by atoms with Crippen molar-refractivity contribution in [1.29, 1.82) is 0 Å². The minimum atomic E-state index is -0.0463. The van der Waals surface area contributed by atoms with E-state index in [9.17, 15) is 0 Å². The summed E-state index contributed by atoms with van der Waals surface area (Å²) in [5.74, 6) is 0.617. The van der Waals surface area contributed by atoms with Crippen LogP contribution in [0.4, 0.5) is 0 Å². The van der Waals surface area contributed by atoms with Crippen LogP contribution in [-0.2, 0) is 9.57 Å². The van der Waals surface area contributed by atoms with Gasteiger partial charge in [0.25, 0.3) is 0 Å². The van der Waals surface area contributed by atoms with E-state index in [4.69, 9.17) is 9.57 Å². The van der Waals surface area contributed by atoms with Crippen molar-refractivity contribution in [3.63, 3.8) is 0 Å². The predicted molar refractivity (Wildman–Crippen MR) is 47.9 cm³/mol. The average molecular weight is 223 g/mol. The van der Waals surface area contributed by atoms with Crippen molar-refractivity contribution >= 4 is 22.6 Å². The standard InChI is InChI=1S/C7H13BrNO2/c1-6(11-9(2)3)5-7(8)10-4/h7H,1-2,5H2,3-4H3/q+1. The van der Waals surface area contributed by atoms with E-state index in [-0.39, 0.29) is 5.01 Å². The van der Waals surface area contributed by atoms with Crippen molar-refractivity contribution in [3.05, 3.63) is 12.3 Å². The van der Waals surface area contributed by atoms with Gasteiger partial charge < -0.3 is 4.74 Å². The van der Waals surface area contributed by atoms with Crippen molar-refractivity contribution in [2.45, 2.75) is 11.4 Å². The fourth-order valence-corrected chi connectivity index (χ4v) is 0.881. The summed E-state index contributed by atoms with van der Waals surface area (Å²) >= 11 is 3.27. The number of alkyl halides is 1. The number of halogens is 1. The van der Waals surface area contributed by atoms with E-state index in [0.717, 1.165) is 0 Å². The zero-order valence-electron chi connectivity index (χ0n) is 6.84. The Morgan fingerprint density at radius 1 is 1.73 bits per heavy atom. The van der Waals surface area contributed by atoms with Gasteiger partial charge in [0.05, 0.1) is 0 Å². The molecule has 0 aromatic heterocycles. The fraction of sp³-hybridized carbons (Fsp3) is 0.571. The summed E-state index contributed by atoms with van der Waals surface area (Å²) in [6, 6.07) is 0. The molecule has 0 rings (SSSR count). The van der Waals surface area contributed by atoms with Crippen LogP contribution in [0.15, 0.2) is 12.3 Å². The highest BCUT2D eigenvalue weighted by Crippen LogP contribution is 2.12. The van der Waals surface area contributed by atoms with Crippen LogP contribution in [0.5, 0.6) is 0 Å². The minimum absolute atomic E-state index is 0.0463. The third kappa shape index (κ3) is 6.06. The molecule has 64 valence electrons. The van der Waals surface area contributed by atoms with Crippen LogP contribution in [0, 0.1) is 0 Å². The van der Waals surface area contributed by atoms with Gasteiger partial charge in [-0.05, 0) is 4.74 Å². The van der Waals surface area contributed by atoms with E-state index < -0.39 is 0 Å². The number of ether oxygens (including phenoxy) is 1. The molecule has 1 unspecified atom stereocenters. The van der Waals surface area contributed by atoms with Crippen molar-refractivity contribution in [2.24, 2.45) is 0 Å². The van der Waals surface area contributed by atoms with Crippen molar-refractivity contribution in [1.82, 2.24) is 0 Å². The van der Waals surface area contributed by atoms with E-state index in [0.29, 0.717) is 12.2 Å². The van der Waals surface area contributed by atoms with Gasteiger partial charge in [-0.3, -0.25) is 0 Å². The smallest absolute Gasteiger partial charge is 0.183 e. The first-order valence-electron chi connectivity index (χ1n) is 3.13. The molecule has 3 nitrogen and oxygen atoms in total.